The molecule has 0 aromatic heterocycles. The van der Waals surface area contributed by atoms with Gasteiger partial charge >= 0.3 is 51.4 Å². The SMILES string of the molecule is [CH2-]SC1[CH-]N=C(CC)N=C1[CH2-].[K+].[Y]. The van der Waals surface area contributed by atoms with Gasteiger partial charge in [-0.15, -0.1) is 12.3 Å². The Hall–Kier alpha value is 2.17. The molecule has 0 N–H and O–H groups in total. The maximum absolute atomic E-state index is 4.22. The van der Waals surface area contributed by atoms with E-state index in [-0.39, 0.29) is 89.3 Å². The molecular weight excluding hydrogens is 284 g/mol. The molecule has 13 heavy (non-hydrogen) atoms. The summed E-state index contributed by atoms with van der Waals surface area (Å²) in [6.07, 6.45) is 4.57. The second-order valence-electron chi connectivity index (χ2n) is 2.24. The fraction of sp³-hybridized carbons (Fsp3) is 0.375. The van der Waals surface area contributed by atoms with Crippen LogP contribution in [0.4, 0.5) is 0 Å². The summed E-state index contributed by atoms with van der Waals surface area (Å²) in [5, 5.41) is 0.172. The molecular formula is C8H11KN2SY-2. The Bertz CT molecular complexity index is 206. The van der Waals surface area contributed by atoms with E-state index in [0.717, 1.165) is 18.0 Å². The van der Waals surface area contributed by atoms with Gasteiger partial charge in [0.1, 0.15) is 0 Å². The van der Waals surface area contributed by atoms with E-state index >= 15 is 0 Å². The summed E-state index contributed by atoms with van der Waals surface area (Å²) < 4.78 is 0. The molecule has 1 unspecified atom stereocenters. The molecule has 0 fully saturated rings. The quantitative estimate of drug-likeness (QED) is 0.481. The van der Waals surface area contributed by atoms with Crippen molar-refractivity contribution in [3.05, 3.63) is 19.7 Å². The Labute approximate surface area is 153 Å². The number of amidine groups is 1. The van der Waals surface area contributed by atoms with Crippen LogP contribution in [0.2, 0.25) is 0 Å². The van der Waals surface area contributed by atoms with Crippen LogP contribution in [0.5, 0.6) is 0 Å². The van der Waals surface area contributed by atoms with Gasteiger partial charge in [0.15, 0.2) is 0 Å². The summed E-state index contributed by atoms with van der Waals surface area (Å²) in [6, 6.07) is 0. The van der Waals surface area contributed by atoms with Crippen LogP contribution in [-0.4, -0.2) is 16.8 Å². The third-order valence-corrected chi connectivity index (χ3v) is 2.21. The smallest absolute Gasteiger partial charge is 0.433 e. The molecule has 0 saturated heterocycles. The maximum Gasteiger partial charge on any atom is 1.00 e. The van der Waals surface area contributed by atoms with Gasteiger partial charge < -0.3 is 28.7 Å². The van der Waals surface area contributed by atoms with Crippen LogP contribution in [0.1, 0.15) is 13.3 Å². The van der Waals surface area contributed by atoms with Crippen molar-refractivity contribution in [3.63, 3.8) is 0 Å². The van der Waals surface area contributed by atoms with Crippen molar-refractivity contribution in [1.29, 1.82) is 0 Å². The molecule has 65 valence electrons. The average molecular weight is 295 g/mol. The maximum atomic E-state index is 4.22. The molecule has 0 amide bonds. The second kappa shape index (κ2) is 9.40. The molecule has 1 aliphatic heterocycles. The summed E-state index contributed by atoms with van der Waals surface area (Å²) in [6.45, 7) is 7.71. The second-order valence-corrected chi connectivity index (χ2v) is 3.08. The Morgan fingerprint density at radius 1 is 1.62 bits per heavy atom. The Morgan fingerprint density at radius 3 is 2.62 bits per heavy atom. The van der Waals surface area contributed by atoms with Gasteiger partial charge in [-0.1, -0.05) is 13.3 Å². The number of hydrogen-bond acceptors (Lipinski definition) is 3. The van der Waals surface area contributed by atoms with Crippen LogP contribution >= 0.6 is 11.8 Å². The molecule has 1 heterocycles. The van der Waals surface area contributed by atoms with Crippen LogP contribution in [0.15, 0.2) is 9.98 Å². The molecule has 0 aromatic rings. The fourth-order valence-electron chi connectivity index (χ4n) is 0.808. The molecule has 0 aliphatic carbocycles. The van der Waals surface area contributed by atoms with Crippen molar-refractivity contribution in [1.82, 2.24) is 0 Å². The van der Waals surface area contributed by atoms with Gasteiger partial charge in [0, 0.05) is 32.7 Å². The van der Waals surface area contributed by atoms with Crippen LogP contribution in [0.3, 0.4) is 0 Å². The molecule has 1 radical (unpaired) electrons. The van der Waals surface area contributed by atoms with E-state index in [0.29, 0.717) is 0 Å². The van der Waals surface area contributed by atoms with Crippen LogP contribution < -0.4 is 51.4 Å². The third kappa shape index (κ3) is 5.71. The Kier molecular flexibility index (Phi) is 12.7. The summed E-state index contributed by atoms with van der Waals surface area (Å²) >= 11 is 1.46. The van der Waals surface area contributed by atoms with E-state index in [2.05, 4.69) is 23.2 Å². The standard InChI is InChI=1S/C8H11N2S.K.Y/c1-4-8-9-5-7(11-3)6(2)10-8;;/h5,7H,2-4H2,1H3;;/q-3;+1;. The molecule has 0 aromatic carbocycles. The van der Waals surface area contributed by atoms with Crippen molar-refractivity contribution in [2.75, 3.05) is 0 Å². The minimum absolute atomic E-state index is 0. The largest absolute Gasteiger partial charge is 1.00 e. The van der Waals surface area contributed by atoms with Crippen molar-refractivity contribution in [2.45, 2.75) is 18.6 Å². The van der Waals surface area contributed by atoms with Crippen LogP contribution in [-0.2, 0) is 32.7 Å². The van der Waals surface area contributed by atoms with Crippen molar-refractivity contribution >= 4 is 23.3 Å². The zero-order valence-corrected chi connectivity index (χ0v) is 14.9. The number of aliphatic imine (C=N–C) groups is 2. The van der Waals surface area contributed by atoms with E-state index < -0.39 is 0 Å². The normalized spacial score (nSPS) is 20.0. The first-order valence-electron chi connectivity index (χ1n) is 3.49. The fourth-order valence-corrected chi connectivity index (χ4v) is 1.20. The van der Waals surface area contributed by atoms with Crippen molar-refractivity contribution < 1.29 is 84.1 Å². The first kappa shape index (κ1) is 17.6. The molecule has 1 rings (SSSR count). The molecule has 0 spiro atoms. The average Bonchev–Trinajstić information content (AvgIpc) is 2.04. The Balaban J connectivity index is 0. The molecule has 5 heteroatoms. The minimum atomic E-state index is 0. The number of thioether (sulfide) groups is 1. The number of nitrogens with zero attached hydrogens (tertiary/aromatic N) is 2. The summed E-state index contributed by atoms with van der Waals surface area (Å²) in [5.41, 5.74) is 0.858. The van der Waals surface area contributed by atoms with Crippen molar-refractivity contribution in [3.8, 4) is 0 Å². The number of rotatable bonds is 2. The predicted octanol–water partition coefficient (Wildman–Crippen LogP) is -0.860. The van der Waals surface area contributed by atoms with Gasteiger partial charge in [0.25, 0.3) is 0 Å². The predicted molar refractivity (Wildman–Crippen MR) is 51.6 cm³/mol. The molecule has 1 aliphatic rings. The van der Waals surface area contributed by atoms with Gasteiger partial charge in [0.2, 0.25) is 0 Å². The Morgan fingerprint density at radius 2 is 2.23 bits per heavy atom. The monoisotopic (exact) mass is 295 g/mol. The van der Waals surface area contributed by atoms with Crippen LogP contribution in [0.25, 0.3) is 0 Å². The van der Waals surface area contributed by atoms with E-state index in [9.17, 15) is 0 Å². The van der Waals surface area contributed by atoms with Gasteiger partial charge in [-0.3, -0.25) is 6.26 Å². The topological polar surface area (TPSA) is 24.7 Å². The first-order valence-corrected chi connectivity index (χ1v) is 4.54. The third-order valence-electron chi connectivity index (χ3n) is 1.46. The van der Waals surface area contributed by atoms with Gasteiger partial charge in [0.05, 0.1) is 0 Å². The minimum Gasteiger partial charge on any atom is -0.433 e. The van der Waals surface area contributed by atoms with Gasteiger partial charge in [-0.2, -0.15) is 0 Å². The summed E-state index contributed by atoms with van der Waals surface area (Å²) in [7, 11) is 0. The number of hydrogen-bond donors (Lipinski definition) is 0. The zero-order valence-electron chi connectivity index (χ0n) is 8.16. The van der Waals surface area contributed by atoms with Gasteiger partial charge in [-0.05, 0) is 11.1 Å². The molecule has 0 bridgehead atoms. The van der Waals surface area contributed by atoms with E-state index in [1.807, 2.05) is 13.5 Å². The van der Waals surface area contributed by atoms with E-state index in [1.165, 1.54) is 11.8 Å². The summed E-state index contributed by atoms with van der Waals surface area (Å²) in [4.78, 5) is 8.37. The van der Waals surface area contributed by atoms with E-state index in [4.69, 9.17) is 0 Å². The van der Waals surface area contributed by atoms with Crippen LogP contribution in [0, 0.1) is 19.7 Å². The van der Waals surface area contributed by atoms with E-state index in [1.54, 1.807) is 0 Å². The molecule has 0 saturated carbocycles. The molecule has 1 atom stereocenters. The first-order chi connectivity index (χ1) is 5.27. The zero-order chi connectivity index (χ0) is 8.27. The van der Waals surface area contributed by atoms with Gasteiger partial charge in [-0.25, -0.2) is 0 Å². The van der Waals surface area contributed by atoms with Crippen molar-refractivity contribution in [2.24, 2.45) is 9.98 Å². The summed E-state index contributed by atoms with van der Waals surface area (Å²) in [5.74, 6) is 0.861. The molecule has 2 nitrogen and oxygen atoms in total.